The number of hydrogen-bond donors (Lipinski definition) is 1. The summed E-state index contributed by atoms with van der Waals surface area (Å²) in [5.74, 6) is -6.17. The minimum absolute atomic E-state index is 0.0678. The molecule has 3 aromatic carbocycles. The van der Waals surface area contributed by atoms with E-state index in [4.69, 9.17) is 4.74 Å². The predicted octanol–water partition coefficient (Wildman–Crippen LogP) is 6.90. The van der Waals surface area contributed by atoms with Gasteiger partial charge < -0.3 is 4.74 Å². The third-order valence-electron chi connectivity index (χ3n) is 4.39. The van der Waals surface area contributed by atoms with E-state index in [1.165, 1.54) is 12.1 Å². The molecule has 0 aliphatic rings. The largest absolute Gasteiger partial charge is 0.488 e. The summed E-state index contributed by atoms with van der Waals surface area (Å²) in [4.78, 5) is 0. The predicted molar refractivity (Wildman–Crippen MR) is 109 cm³/mol. The molecule has 3 rings (SSSR count). The van der Waals surface area contributed by atoms with Crippen molar-refractivity contribution in [3.05, 3.63) is 76.3 Å². The fraction of sp³-hybridized carbons (Fsp3) is 0.190. The highest BCUT2D eigenvalue weighted by Crippen LogP contribution is 2.45. The molecule has 0 bridgehead atoms. The van der Waals surface area contributed by atoms with Gasteiger partial charge in [0.15, 0.2) is 0 Å². The van der Waals surface area contributed by atoms with Crippen LogP contribution in [-0.2, 0) is 6.61 Å². The molecule has 0 heterocycles. The van der Waals surface area contributed by atoms with Crippen molar-refractivity contribution in [1.82, 2.24) is 5.43 Å². The molecule has 0 radical (unpaired) electrons. The van der Waals surface area contributed by atoms with Gasteiger partial charge in [-0.25, -0.2) is 5.43 Å². The van der Waals surface area contributed by atoms with Crippen molar-refractivity contribution in [2.45, 2.75) is 24.8 Å². The number of ether oxygens (including phenoxy) is 1. The molecule has 11 heteroatoms. The van der Waals surface area contributed by atoms with E-state index in [9.17, 15) is 30.7 Å². The Morgan fingerprint density at radius 3 is 2.31 bits per heavy atom. The van der Waals surface area contributed by atoms with Crippen LogP contribution in [0.25, 0.3) is 10.8 Å². The molecule has 0 amide bonds. The Labute approximate surface area is 186 Å². The highest BCUT2D eigenvalue weighted by atomic mass is 79.9. The smallest absolute Gasteiger partial charge is 0.462 e. The van der Waals surface area contributed by atoms with Crippen LogP contribution < -0.4 is 10.2 Å². The van der Waals surface area contributed by atoms with Crippen molar-refractivity contribution in [3.8, 4) is 5.75 Å². The quantitative estimate of drug-likeness (QED) is 0.158. The summed E-state index contributed by atoms with van der Waals surface area (Å²) in [6.45, 7) is 0.0829. The van der Waals surface area contributed by atoms with Gasteiger partial charge in [-0.05, 0) is 34.5 Å². The minimum atomic E-state index is -6.46. The third kappa shape index (κ3) is 4.98. The Balaban J connectivity index is 1.79. The Morgan fingerprint density at radius 1 is 0.906 bits per heavy atom. The lowest BCUT2D eigenvalue weighted by Crippen LogP contribution is -2.58. The van der Waals surface area contributed by atoms with Crippen molar-refractivity contribution < 1.29 is 35.5 Å². The number of benzene rings is 3. The van der Waals surface area contributed by atoms with Gasteiger partial charge in [0.1, 0.15) is 12.4 Å². The maximum Gasteiger partial charge on any atom is 0.462 e. The molecule has 0 spiro atoms. The van der Waals surface area contributed by atoms with E-state index in [1.54, 1.807) is 6.07 Å². The Morgan fingerprint density at radius 2 is 1.59 bits per heavy atom. The first kappa shape index (κ1) is 23.8. The molecule has 3 nitrogen and oxygen atoms in total. The van der Waals surface area contributed by atoms with Crippen LogP contribution in [0, 0.1) is 0 Å². The summed E-state index contributed by atoms with van der Waals surface area (Å²) in [6.07, 6.45) is -5.79. The number of hydrogen-bond acceptors (Lipinski definition) is 3. The van der Waals surface area contributed by atoms with E-state index in [1.807, 2.05) is 42.5 Å². The molecule has 0 fully saturated rings. The first-order valence-corrected chi connectivity index (χ1v) is 9.73. The van der Waals surface area contributed by atoms with E-state index >= 15 is 0 Å². The van der Waals surface area contributed by atoms with E-state index in [2.05, 4.69) is 21.0 Å². The highest BCUT2D eigenvalue weighted by Gasteiger charge is 2.73. The van der Waals surface area contributed by atoms with E-state index < -0.39 is 18.1 Å². The first-order valence-electron chi connectivity index (χ1n) is 8.94. The molecule has 0 atom stereocenters. The lowest BCUT2D eigenvalue weighted by Gasteiger charge is -2.27. The standard InChI is InChI=1S/C21H14BrF7N2O/c22-16-8-9-18(32-12-14-6-3-5-13-4-1-2-7-17(13)14)15(10-16)11-30-31-21(28,29)19(23,24)20(25,26)27/h1-11,31H,12H2/b30-11+. The number of rotatable bonds is 7. The average molecular weight is 523 g/mol. The van der Waals surface area contributed by atoms with Crippen LogP contribution in [0.3, 0.4) is 0 Å². The molecule has 0 saturated heterocycles. The lowest BCUT2D eigenvalue weighted by atomic mass is 10.1. The maximum atomic E-state index is 13.4. The summed E-state index contributed by atoms with van der Waals surface area (Å²) >= 11 is 3.16. The van der Waals surface area contributed by atoms with Crippen LogP contribution in [0.4, 0.5) is 30.7 Å². The first-order chi connectivity index (χ1) is 14.9. The van der Waals surface area contributed by atoms with Crippen molar-refractivity contribution >= 4 is 32.9 Å². The molecular weight excluding hydrogens is 509 g/mol. The molecule has 0 aliphatic heterocycles. The Bertz CT molecular complexity index is 1130. The monoisotopic (exact) mass is 522 g/mol. The zero-order chi connectivity index (χ0) is 23.6. The van der Waals surface area contributed by atoms with Crippen LogP contribution in [0.2, 0.25) is 0 Å². The van der Waals surface area contributed by atoms with Crippen LogP contribution in [-0.4, -0.2) is 24.4 Å². The van der Waals surface area contributed by atoms with E-state index in [-0.39, 0.29) is 17.9 Å². The van der Waals surface area contributed by atoms with Gasteiger partial charge in [-0.3, -0.25) is 0 Å². The lowest BCUT2D eigenvalue weighted by molar-refractivity contribution is -0.361. The Kier molecular flexibility index (Phi) is 6.68. The molecule has 3 aromatic rings. The zero-order valence-electron chi connectivity index (χ0n) is 15.9. The van der Waals surface area contributed by atoms with Gasteiger partial charge in [0.2, 0.25) is 0 Å². The van der Waals surface area contributed by atoms with Crippen molar-refractivity contribution in [1.29, 1.82) is 0 Å². The van der Waals surface area contributed by atoms with Gasteiger partial charge in [-0.1, -0.05) is 58.4 Å². The van der Waals surface area contributed by atoms with E-state index in [0.29, 0.717) is 16.1 Å². The molecule has 1 N–H and O–H groups in total. The summed E-state index contributed by atoms with van der Waals surface area (Å²) in [7, 11) is 0. The maximum absolute atomic E-state index is 13.4. The normalized spacial score (nSPS) is 13.0. The van der Waals surface area contributed by atoms with Crippen LogP contribution >= 0.6 is 15.9 Å². The SMILES string of the molecule is FC(F)(F)C(F)(F)C(F)(F)N/N=C/c1cc(Br)ccc1OCc1cccc2ccccc12. The number of alkyl halides is 7. The second-order valence-electron chi connectivity index (χ2n) is 6.63. The van der Waals surface area contributed by atoms with Gasteiger partial charge in [0.25, 0.3) is 0 Å². The number of nitrogens with zero attached hydrogens (tertiary/aromatic N) is 1. The number of halogens is 8. The van der Waals surface area contributed by atoms with Crippen LogP contribution in [0.5, 0.6) is 5.75 Å². The summed E-state index contributed by atoms with van der Waals surface area (Å²) in [5, 5.41) is 4.80. The molecule has 0 unspecified atom stereocenters. The number of nitrogens with one attached hydrogen (secondary N) is 1. The molecule has 170 valence electrons. The van der Waals surface area contributed by atoms with E-state index in [0.717, 1.165) is 16.3 Å². The van der Waals surface area contributed by atoms with Gasteiger partial charge in [0.05, 0.1) is 6.21 Å². The van der Waals surface area contributed by atoms with Gasteiger partial charge in [-0.15, -0.1) is 0 Å². The second kappa shape index (κ2) is 8.97. The van der Waals surface area contributed by atoms with Gasteiger partial charge >= 0.3 is 18.1 Å². The van der Waals surface area contributed by atoms with Crippen molar-refractivity contribution in [3.63, 3.8) is 0 Å². The fourth-order valence-electron chi connectivity index (χ4n) is 2.76. The highest BCUT2D eigenvalue weighted by molar-refractivity contribution is 9.10. The molecule has 0 aromatic heterocycles. The average Bonchev–Trinajstić information content (AvgIpc) is 2.72. The molecule has 32 heavy (non-hydrogen) atoms. The Hall–Kier alpha value is -2.82. The fourth-order valence-corrected chi connectivity index (χ4v) is 3.14. The minimum Gasteiger partial charge on any atom is -0.488 e. The molecular formula is C21H14BrF7N2O. The molecule has 0 saturated carbocycles. The van der Waals surface area contributed by atoms with Gasteiger partial charge in [0, 0.05) is 10.0 Å². The summed E-state index contributed by atoms with van der Waals surface area (Å²) in [5.41, 5.74) is 1.48. The third-order valence-corrected chi connectivity index (χ3v) is 4.89. The summed E-state index contributed by atoms with van der Waals surface area (Å²) < 4.78 is 95.5. The van der Waals surface area contributed by atoms with Crippen LogP contribution in [0.15, 0.2) is 70.2 Å². The van der Waals surface area contributed by atoms with Crippen molar-refractivity contribution in [2.75, 3.05) is 0 Å². The van der Waals surface area contributed by atoms with Crippen molar-refractivity contribution in [2.24, 2.45) is 5.10 Å². The van der Waals surface area contributed by atoms with Crippen LogP contribution in [0.1, 0.15) is 11.1 Å². The zero-order valence-corrected chi connectivity index (χ0v) is 17.5. The van der Waals surface area contributed by atoms with Gasteiger partial charge in [-0.2, -0.15) is 35.8 Å². The molecule has 0 aliphatic carbocycles. The second-order valence-corrected chi connectivity index (χ2v) is 7.54. The summed E-state index contributed by atoms with van der Waals surface area (Å²) in [6, 6.07) is 11.9. The topological polar surface area (TPSA) is 33.6 Å². The number of fused-ring (bicyclic) bond motifs is 1. The number of hydrazone groups is 1.